The van der Waals surface area contributed by atoms with E-state index in [1.165, 1.54) is 0 Å². The maximum absolute atomic E-state index is 9.37. The van der Waals surface area contributed by atoms with Crippen LogP contribution in [0.5, 0.6) is 0 Å². The van der Waals surface area contributed by atoms with Gasteiger partial charge in [-0.3, -0.25) is 4.79 Å². The van der Waals surface area contributed by atoms with E-state index in [1.807, 2.05) is 0 Å². The molecule has 0 amide bonds. The molecule has 0 aliphatic carbocycles. The van der Waals surface area contributed by atoms with Crippen LogP contribution in [0.15, 0.2) is 0 Å². The van der Waals surface area contributed by atoms with Gasteiger partial charge in [-0.2, -0.15) is 0 Å². The molecular weight excluding hydrogens is 132 g/mol. The second-order valence-electron chi connectivity index (χ2n) is 0.747. The summed E-state index contributed by atoms with van der Waals surface area (Å²) in [4.78, 5) is 9.37. The fourth-order valence-electron chi connectivity index (χ4n) is 0. The summed E-state index contributed by atoms with van der Waals surface area (Å²) in [6.45, 7) is 1.60. The third-order valence-corrected chi connectivity index (χ3v) is 0.302. The Bertz CT molecular complexity index is 45.7. The molecule has 0 spiro atoms. The van der Waals surface area contributed by atoms with Gasteiger partial charge in [-0.1, -0.05) is 6.92 Å². The summed E-state index contributed by atoms with van der Waals surface area (Å²) < 4.78 is 0. The minimum atomic E-state index is -0.745. The molecule has 0 aliphatic heterocycles. The van der Waals surface area contributed by atoms with Crippen molar-refractivity contribution in [3.05, 3.63) is 14.9 Å². The molecule has 2 nitrogen and oxygen atoms in total. The van der Waals surface area contributed by atoms with Gasteiger partial charge in [-0.25, -0.2) is 0 Å². The Morgan fingerprint density at radius 2 is 1.62 bits per heavy atom. The zero-order valence-electron chi connectivity index (χ0n) is 5.77. The topological polar surface area (TPSA) is 37.3 Å². The number of carbonyl (C=O) groups is 1. The van der Waals surface area contributed by atoms with E-state index in [1.54, 1.807) is 6.92 Å². The molecular formula is C5H12CaO2. The summed E-state index contributed by atoms with van der Waals surface area (Å²) >= 11 is 0. The molecule has 0 aromatic carbocycles. The van der Waals surface area contributed by atoms with Crippen molar-refractivity contribution in [2.24, 2.45) is 0 Å². The normalized spacial score (nSPS) is 4.62. The van der Waals surface area contributed by atoms with Gasteiger partial charge in [0, 0.05) is 6.42 Å². The second-order valence-corrected chi connectivity index (χ2v) is 0.747. The van der Waals surface area contributed by atoms with Crippen LogP contribution in [0.25, 0.3) is 0 Å². The molecule has 0 saturated heterocycles. The first-order valence-electron chi connectivity index (χ1n) is 1.49. The molecule has 0 radical (unpaired) electrons. The van der Waals surface area contributed by atoms with E-state index in [-0.39, 0.29) is 59.0 Å². The molecule has 0 aliphatic rings. The fourth-order valence-corrected chi connectivity index (χ4v) is 0. The molecule has 0 bridgehead atoms. The molecule has 0 heterocycles. The predicted molar refractivity (Wildman–Crippen MR) is 36.5 cm³/mol. The SMILES string of the molecule is CCC(=O)O.[CH3-].[CH3-].[Ca+2]. The molecule has 46 valence electrons. The zero-order valence-corrected chi connectivity index (χ0v) is 7.98. The van der Waals surface area contributed by atoms with E-state index in [0.29, 0.717) is 0 Å². The van der Waals surface area contributed by atoms with Gasteiger partial charge < -0.3 is 20.0 Å². The molecule has 0 rings (SSSR count). The standard InChI is InChI=1S/C3H6O2.2CH3.Ca/c1-2-3(4)5;;;/h2H2,1H3,(H,4,5);2*1H3;/q;2*-1;+2. The maximum Gasteiger partial charge on any atom is 2.00 e. The van der Waals surface area contributed by atoms with E-state index >= 15 is 0 Å². The van der Waals surface area contributed by atoms with Crippen LogP contribution in [0, 0.1) is 14.9 Å². The van der Waals surface area contributed by atoms with E-state index in [2.05, 4.69) is 0 Å². The Hall–Kier alpha value is 0.730. The summed E-state index contributed by atoms with van der Waals surface area (Å²) in [5.41, 5.74) is 0. The molecule has 8 heavy (non-hydrogen) atoms. The van der Waals surface area contributed by atoms with Crippen molar-refractivity contribution in [3.8, 4) is 0 Å². The van der Waals surface area contributed by atoms with Gasteiger partial charge in [0.15, 0.2) is 0 Å². The van der Waals surface area contributed by atoms with Gasteiger partial charge in [0.1, 0.15) is 0 Å². The van der Waals surface area contributed by atoms with E-state index in [9.17, 15) is 4.79 Å². The Kier molecular flexibility index (Phi) is 45.6. The molecule has 0 aromatic rings. The van der Waals surface area contributed by atoms with Crippen molar-refractivity contribution in [1.29, 1.82) is 0 Å². The van der Waals surface area contributed by atoms with Gasteiger partial charge in [-0.15, -0.1) is 0 Å². The van der Waals surface area contributed by atoms with Gasteiger partial charge in [0.25, 0.3) is 0 Å². The Morgan fingerprint density at radius 3 is 1.62 bits per heavy atom. The van der Waals surface area contributed by atoms with Crippen LogP contribution in [-0.4, -0.2) is 48.8 Å². The smallest absolute Gasteiger partial charge is 0.481 e. The van der Waals surface area contributed by atoms with Crippen LogP contribution in [0.3, 0.4) is 0 Å². The molecule has 0 aromatic heterocycles. The maximum atomic E-state index is 9.37. The number of carboxylic acid groups (broad SMARTS) is 1. The molecule has 0 atom stereocenters. The Morgan fingerprint density at radius 1 is 1.50 bits per heavy atom. The fraction of sp³-hybridized carbons (Fsp3) is 0.400. The van der Waals surface area contributed by atoms with Crippen LogP contribution >= 0.6 is 0 Å². The van der Waals surface area contributed by atoms with Crippen LogP contribution in [0.1, 0.15) is 13.3 Å². The van der Waals surface area contributed by atoms with Crippen molar-refractivity contribution in [2.75, 3.05) is 0 Å². The number of rotatable bonds is 1. The van der Waals surface area contributed by atoms with Gasteiger partial charge in [-0.05, 0) is 0 Å². The van der Waals surface area contributed by atoms with E-state index < -0.39 is 5.97 Å². The minimum Gasteiger partial charge on any atom is -0.481 e. The minimum absolute atomic E-state index is 0. The molecule has 1 N–H and O–H groups in total. The molecule has 0 saturated carbocycles. The van der Waals surface area contributed by atoms with Crippen LogP contribution in [-0.2, 0) is 4.79 Å². The summed E-state index contributed by atoms with van der Waals surface area (Å²) in [5, 5.41) is 7.72. The van der Waals surface area contributed by atoms with Crippen molar-refractivity contribution in [3.63, 3.8) is 0 Å². The molecule has 0 fully saturated rings. The van der Waals surface area contributed by atoms with Crippen LogP contribution in [0.2, 0.25) is 0 Å². The predicted octanol–water partition coefficient (Wildman–Crippen LogP) is 1.00. The average Bonchev–Trinajstić information content (AvgIpc) is 1.38. The number of aliphatic carboxylic acids is 1. The first-order chi connectivity index (χ1) is 2.27. The quantitative estimate of drug-likeness (QED) is 0.440. The van der Waals surface area contributed by atoms with Crippen molar-refractivity contribution < 1.29 is 9.90 Å². The third kappa shape index (κ3) is 29.7. The van der Waals surface area contributed by atoms with Gasteiger partial charge in [0.05, 0.1) is 0 Å². The third-order valence-electron chi connectivity index (χ3n) is 0.302. The van der Waals surface area contributed by atoms with Gasteiger partial charge >= 0.3 is 43.7 Å². The van der Waals surface area contributed by atoms with Gasteiger partial charge in [0.2, 0.25) is 0 Å². The Labute approximate surface area is 81.3 Å². The first kappa shape index (κ1) is 23.3. The number of carboxylic acids is 1. The monoisotopic (exact) mass is 144 g/mol. The number of hydrogen-bond donors (Lipinski definition) is 1. The van der Waals surface area contributed by atoms with E-state index in [0.717, 1.165) is 0 Å². The van der Waals surface area contributed by atoms with E-state index in [4.69, 9.17) is 5.11 Å². The summed E-state index contributed by atoms with van der Waals surface area (Å²) in [6, 6.07) is 0. The zero-order chi connectivity index (χ0) is 4.28. The second kappa shape index (κ2) is 15.6. The van der Waals surface area contributed by atoms with Crippen molar-refractivity contribution in [2.45, 2.75) is 13.3 Å². The largest absolute Gasteiger partial charge is 2.00 e. The van der Waals surface area contributed by atoms with Crippen LogP contribution < -0.4 is 0 Å². The summed E-state index contributed by atoms with van der Waals surface area (Å²) in [7, 11) is 0. The molecule has 0 unspecified atom stereocenters. The first-order valence-corrected chi connectivity index (χ1v) is 1.49. The van der Waals surface area contributed by atoms with Crippen LogP contribution in [0.4, 0.5) is 0 Å². The molecule has 3 heteroatoms. The summed E-state index contributed by atoms with van der Waals surface area (Å²) in [6.07, 6.45) is 0.222. The summed E-state index contributed by atoms with van der Waals surface area (Å²) in [5.74, 6) is -0.745. The van der Waals surface area contributed by atoms with Crippen molar-refractivity contribution >= 4 is 43.7 Å². The number of hydrogen-bond acceptors (Lipinski definition) is 1. The Balaban J connectivity index is -0.0000000267. The average molecular weight is 144 g/mol. The van der Waals surface area contributed by atoms with Crippen molar-refractivity contribution in [1.82, 2.24) is 0 Å².